The van der Waals surface area contributed by atoms with Crippen molar-refractivity contribution in [3.63, 3.8) is 0 Å². The van der Waals surface area contributed by atoms with Gasteiger partial charge in [0.05, 0.1) is 0 Å². The van der Waals surface area contributed by atoms with Gasteiger partial charge in [0.15, 0.2) is 17.5 Å². The Morgan fingerprint density at radius 2 is 1.09 bits per heavy atom. The summed E-state index contributed by atoms with van der Waals surface area (Å²) < 4.78 is 0. The lowest BCUT2D eigenvalue weighted by atomic mass is 9.67. The van der Waals surface area contributed by atoms with Gasteiger partial charge >= 0.3 is 0 Å². The van der Waals surface area contributed by atoms with Crippen molar-refractivity contribution >= 4 is 5.57 Å². The summed E-state index contributed by atoms with van der Waals surface area (Å²) in [5.74, 6) is 1.98. The van der Waals surface area contributed by atoms with Gasteiger partial charge in [0.2, 0.25) is 0 Å². The average Bonchev–Trinajstić information content (AvgIpc) is 3.66. The van der Waals surface area contributed by atoms with Crippen molar-refractivity contribution in [2.75, 3.05) is 0 Å². The van der Waals surface area contributed by atoms with Crippen LogP contribution in [0.15, 0.2) is 158 Å². The molecular weight excluding hydrogens is 691 g/mol. The normalized spacial score (nSPS) is 18.4. The highest BCUT2D eigenvalue weighted by Crippen LogP contribution is 2.61. The predicted molar refractivity (Wildman–Crippen MR) is 237 cm³/mol. The average molecular weight is 738 g/mol. The molecule has 1 unspecified atom stereocenters. The van der Waals surface area contributed by atoms with Gasteiger partial charge in [0, 0.05) is 27.5 Å². The van der Waals surface area contributed by atoms with Crippen LogP contribution in [0.5, 0.6) is 0 Å². The third-order valence-electron chi connectivity index (χ3n) is 13.4. The smallest absolute Gasteiger partial charge is 0.164 e. The van der Waals surface area contributed by atoms with Gasteiger partial charge in [-0.3, -0.25) is 0 Å². The third-order valence-corrected chi connectivity index (χ3v) is 13.4. The maximum atomic E-state index is 4.99. The van der Waals surface area contributed by atoms with Gasteiger partial charge in [-0.25, -0.2) is 15.0 Å². The molecule has 1 saturated carbocycles. The molecule has 1 spiro atoms. The van der Waals surface area contributed by atoms with Crippen molar-refractivity contribution < 1.29 is 0 Å². The number of aromatic nitrogens is 3. The number of benzene rings is 6. The summed E-state index contributed by atoms with van der Waals surface area (Å²) in [5.41, 5.74) is 19.1. The molecule has 0 aliphatic heterocycles. The molecule has 1 heterocycles. The lowest BCUT2D eigenvalue weighted by Gasteiger charge is -2.36. The van der Waals surface area contributed by atoms with Crippen LogP contribution in [0, 0.1) is 0 Å². The van der Waals surface area contributed by atoms with E-state index in [1.165, 1.54) is 87.8 Å². The van der Waals surface area contributed by atoms with E-state index in [9.17, 15) is 0 Å². The molecule has 0 radical (unpaired) electrons. The van der Waals surface area contributed by atoms with E-state index in [2.05, 4.69) is 106 Å². The molecule has 0 amide bonds. The molecule has 3 nitrogen and oxygen atoms in total. The summed E-state index contributed by atoms with van der Waals surface area (Å²) >= 11 is 0. The highest BCUT2D eigenvalue weighted by Gasteiger charge is 2.48. The number of nitrogens with zero attached hydrogens (tertiary/aromatic N) is 3. The molecule has 3 aliphatic carbocycles. The van der Waals surface area contributed by atoms with Crippen molar-refractivity contribution in [2.45, 2.75) is 70.1 Å². The summed E-state index contributed by atoms with van der Waals surface area (Å²) in [6.45, 7) is 11.7. The Labute approximate surface area is 337 Å². The Morgan fingerprint density at radius 1 is 0.526 bits per heavy atom. The molecule has 6 aromatic carbocycles. The van der Waals surface area contributed by atoms with E-state index in [0.717, 1.165) is 34.2 Å². The molecule has 3 aliphatic rings. The summed E-state index contributed by atoms with van der Waals surface area (Å²) in [6.07, 6.45) is 9.73. The maximum Gasteiger partial charge on any atom is 0.164 e. The predicted octanol–water partition coefficient (Wildman–Crippen LogP) is 14.1. The first-order chi connectivity index (χ1) is 27.9. The molecule has 1 atom stereocenters. The van der Waals surface area contributed by atoms with Crippen LogP contribution < -0.4 is 0 Å². The second-order valence-electron chi connectivity index (χ2n) is 16.4. The van der Waals surface area contributed by atoms with E-state index in [1.807, 2.05) is 60.7 Å². The first-order valence-corrected chi connectivity index (χ1v) is 20.7. The zero-order chi connectivity index (χ0) is 38.7. The Bertz CT molecular complexity index is 2660. The standard InChI is InChI=1S/C54H47N3/c1-5-45-35(3)43-33-47-44(34-48(43)54(45)30-14-9-15-31-54)49-42(24-17-25-46(49)53(47,4)6-2)37-28-26-36(27-29-37)40-22-16-23-41(32-40)52-56-50(38-18-10-7-11-19-38)55-51(57-52)39-20-12-8-13-21-39/h5,7-8,10-13,16-29,32-34H,3,6,9,14-15,30-31H2,1-2,4H3/b45-5+. The summed E-state index contributed by atoms with van der Waals surface area (Å²) in [4.78, 5) is 14.9. The number of rotatable bonds is 6. The van der Waals surface area contributed by atoms with Crippen LogP contribution in [0.1, 0.15) is 81.5 Å². The minimum Gasteiger partial charge on any atom is -0.208 e. The molecule has 0 saturated heterocycles. The second kappa shape index (κ2) is 13.8. The van der Waals surface area contributed by atoms with Crippen LogP contribution in [0.3, 0.4) is 0 Å². The van der Waals surface area contributed by atoms with Crippen molar-refractivity contribution in [1.82, 2.24) is 15.0 Å². The summed E-state index contributed by atoms with van der Waals surface area (Å²) in [7, 11) is 0. The molecule has 278 valence electrons. The fourth-order valence-electron chi connectivity index (χ4n) is 10.3. The molecule has 7 aromatic rings. The SMILES string of the molecule is C=C1/C(=C\C)C2(CCCCC2)c2cc3c(cc21)C(C)(CC)c1cccc(-c2ccc(-c4cccc(-c5nc(-c6ccccc6)nc(-c6ccccc6)n5)c4)cc2)c1-3. The summed E-state index contributed by atoms with van der Waals surface area (Å²) in [6, 6.07) is 50.1. The van der Waals surface area contributed by atoms with E-state index in [4.69, 9.17) is 21.5 Å². The number of allylic oxidation sites excluding steroid dienone is 3. The second-order valence-corrected chi connectivity index (χ2v) is 16.4. The quantitative estimate of drug-likeness (QED) is 0.171. The van der Waals surface area contributed by atoms with Crippen LogP contribution >= 0.6 is 0 Å². The van der Waals surface area contributed by atoms with E-state index in [-0.39, 0.29) is 10.8 Å². The van der Waals surface area contributed by atoms with Crippen LogP contribution in [-0.2, 0) is 10.8 Å². The third kappa shape index (κ3) is 5.58. The molecule has 57 heavy (non-hydrogen) atoms. The molecular formula is C54H47N3. The fourth-order valence-corrected chi connectivity index (χ4v) is 10.3. The Hall–Kier alpha value is -6.19. The summed E-state index contributed by atoms with van der Waals surface area (Å²) in [5, 5.41) is 0. The molecule has 0 N–H and O–H groups in total. The lowest BCUT2D eigenvalue weighted by molar-refractivity contribution is 0.352. The van der Waals surface area contributed by atoms with Crippen LogP contribution in [0.4, 0.5) is 0 Å². The zero-order valence-electron chi connectivity index (χ0n) is 33.1. The van der Waals surface area contributed by atoms with Gasteiger partial charge in [-0.1, -0.05) is 167 Å². The van der Waals surface area contributed by atoms with Crippen molar-refractivity contribution in [3.8, 4) is 67.5 Å². The monoisotopic (exact) mass is 737 g/mol. The van der Waals surface area contributed by atoms with E-state index in [1.54, 1.807) is 0 Å². The van der Waals surface area contributed by atoms with Gasteiger partial charge < -0.3 is 0 Å². The van der Waals surface area contributed by atoms with Gasteiger partial charge in [-0.15, -0.1) is 0 Å². The van der Waals surface area contributed by atoms with Gasteiger partial charge in [0.1, 0.15) is 0 Å². The van der Waals surface area contributed by atoms with Crippen LogP contribution in [-0.4, -0.2) is 15.0 Å². The van der Waals surface area contributed by atoms with Crippen LogP contribution in [0.25, 0.3) is 73.1 Å². The Balaban J connectivity index is 1.04. The van der Waals surface area contributed by atoms with Gasteiger partial charge in [-0.05, 0) is 111 Å². The molecule has 0 bridgehead atoms. The van der Waals surface area contributed by atoms with E-state index < -0.39 is 0 Å². The van der Waals surface area contributed by atoms with Gasteiger partial charge in [-0.2, -0.15) is 0 Å². The first kappa shape index (κ1) is 35.2. The fraction of sp³-hybridized carbons (Fsp3) is 0.204. The van der Waals surface area contributed by atoms with Gasteiger partial charge in [0.25, 0.3) is 0 Å². The number of fused-ring (bicyclic) bond motifs is 5. The highest BCUT2D eigenvalue weighted by molar-refractivity contribution is 5.97. The number of hydrogen-bond donors (Lipinski definition) is 0. The lowest BCUT2D eigenvalue weighted by Crippen LogP contribution is -2.28. The van der Waals surface area contributed by atoms with Crippen molar-refractivity contribution in [3.05, 3.63) is 180 Å². The van der Waals surface area contributed by atoms with Crippen molar-refractivity contribution in [1.29, 1.82) is 0 Å². The van der Waals surface area contributed by atoms with E-state index >= 15 is 0 Å². The molecule has 1 fully saturated rings. The largest absolute Gasteiger partial charge is 0.208 e. The minimum absolute atomic E-state index is 0.0649. The zero-order valence-corrected chi connectivity index (χ0v) is 33.1. The maximum absolute atomic E-state index is 4.99. The Morgan fingerprint density at radius 3 is 1.72 bits per heavy atom. The van der Waals surface area contributed by atoms with E-state index in [0.29, 0.717) is 17.5 Å². The van der Waals surface area contributed by atoms with Crippen LogP contribution in [0.2, 0.25) is 0 Å². The molecule has 3 heteroatoms. The topological polar surface area (TPSA) is 38.7 Å². The van der Waals surface area contributed by atoms with Crippen molar-refractivity contribution in [2.24, 2.45) is 0 Å². The minimum atomic E-state index is -0.0649. The number of hydrogen-bond acceptors (Lipinski definition) is 3. The highest BCUT2D eigenvalue weighted by atomic mass is 15.0. The first-order valence-electron chi connectivity index (χ1n) is 20.7. The molecule has 10 rings (SSSR count). The molecule has 1 aromatic heterocycles. The Kier molecular flexibility index (Phi) is 8.52.